The van der Waals surface area contributed by atoms with Crippen molar-refractivity contribution in [1.82, 2.24) is 0 Å². The molecule has 78 valence electrons. The van der Waals surface area contributed by atoms with E-state index in [2.05, 4.69) is 26.0 Å². The van der Waals surface area contributed by atoms with Crippen molar-refractivity contribution < 1.29 is 5.11 Å². The Morgan fingerprint density at radius 1 is 1.21 bits per heavy atom. The lowest BCUT2D eigenvalue weighted by atomic mass is 9.99. The molecule has 1 heteroatoms. The van der Waals surface area contributed by atoms with Gasteiger partial charge in [0, 0.05) is 12.8 Å². The molecule has 1 aliphatic rings. The molecule has 0 amide bonds. The highest BCUT2D eigenvalue weighted by Gasteiger charge is 2.31. The van der Waals surface area contributed by atoms with Gasteiger partial charge in [0.2, 0.25) is 0 Å². The molecule has 1 nitrogen and oxygen atoms in total. The van der Waals surface area contributed by atoms with Crippen LogP contribution in [0.15, 0.2) is 12.1 Å². The van der Waals surface area contributed by atoms with E-state index in [1.54, 1.807) is 0 Å². The summed E-state index contributed by atoms with van der Waals surface area (Å²) in [6.45, 7) is 6.19. The topological polar surface area (TPSA) is 20.2 Å². The molecule has 1 N–H and O–H groups in total. The first-order chi connectivity index (χ1) is 5.99. The van der Waals surface area contributed by atoms with E-state index in [0.29, 0.717) is 0 Å². The summed E-state index contributed by atoms with van der Waals surface area (Å²) >= 11 is 0. The van der Waals surface area contributed by atoms with Gasteiger partial charge in [0.1, 0.15) is 0 Å². The van der Waals surface area contributed by atoms with Crippen LogP contribution >= 0.6 is 0 Å². The van der Waals surface area contributed by atoms with Crippen LogP contribution in [0.3, 0.4) is 0 Å². The molecular formula is C13H20O. The quantitative estimate of drug-likeness (QED) is 0.670. The Morgan fingerprint density at radius 2 is 1.86 bits per heavy atom. The average Bonchev–Trinajstić information content (AvgIpc) is 2.34. The van der Waals surface area contributed by atoms with Crippen molar-refractivity contribution in [2.45, 2.75) is 46.6 Å². The molecule has 0 bridgehead atoms. The first-order valence-corrected chi connectivity index (χ1v) is 4.80. The van der Waals surface area contributed by atoms with Crippen molar-refractivity contribution in [3.8, 4) is 0 Å². The fraction of sp³-hybridized carbons (Fsp3) is 0.538. The summed E-state index contributed by atoms with van der Waals surface area (Å²) in [5, 5.41) is 9.93. The molecule has 1 aromatic rings. The highest BCUT2D eigenvalue weighted by molar-refractivity contribution is 5.44. The highest BCUT2D eigenvalue weighted by Crippen LogP contribution is 2.32. The summed E-state index contributed by atoms with van der Waals surface area (Å²) in [4.78, 5) is 0. The maximum atomic E-state index is 9.93. The monoisotopic (exact) mass is 192 g/mol. The number of hydrogen-bond donors (Lipinski definition) is 1. The van der Waals surface area contributed by atoms with E-state index in [4.69, 9.17) is 0 Å². The van der Waals surface area contributed by atoms with Gasteiger partial charge in [-0.15, -0.1) is 0 Å². The number of aryl methyl sites for hydroxylation is 1. The highest BCUT2D eigenvalue weighted by atomic mass is 16.3. The molecule has 2 rings (SSSR count). The zero-order valence-electron chi connectivity index (χ0n) is 8.52. The molecule has 1 atom stereocenters. The van der Waals surface area contributed by atoms with Crippen LogP contribution < -0.4 is 0 Å². The summed E-state index contributed by atoms with van der Waals surface area (Å²) in [5.74, 6) is 0. The van der Waals surface area contributed by atoms with Crippen molar-refractivity contribution in [3.63, 3.8) is 0 Å². The lowest BCUT2D eigenvalue weighted by Crippen LogP contribution is -2.23. The molecule has 1 aromatic carbocycles. The van der Waals surface area contributed by atoms with Gasteiger partial charge in [0.15, 0.2) is 0 Å². The van der Waals surface area contributed by atoms with Crippen LogP contribution in [0.4, 0.5) is 0 Å². The minimum absolute atomic E-state index is 0. The zero-order valence-corrected chi connectivity index (χ0v) is 8.52. The summed E-state index contributed by atoms with van der Waals surface area (Å²) in [5.41, 5.74) is 4.87. The minimum Gasteiger partial charge on any atom is -0.389 e. The van der Waals surface area contributed by atoms with Crippen molar-refractivity contribution in [1.29, 1.82) is 0 Å². The summed E-state index contributed by atoms with van der Waals surface area (Å²) < 4.78 is 0. The van der Waals surface area contributed by atoms with E-state index in [9.17, 15) is 5.11 Å². The SMILES string of the molecule is C.Cc1ccc2c(c1C)CC(C)(O)C2. The maximum absolute atomic E-state index is 9.93. The predicted octanol–water partition coefficient (Wildman–Crippen LogP) is 2.79. The molecule has 0 aromatic heterocycles. The third-order valence-electron chi connectivity index (χ3n) is 3.10. The van der Waals surface area contributed by atoms with Crippen molar-refractivity contribution in [2.75, 3.05) is 0 Å². The van der Waals surface area contributed by atoms with E-state index in [1.165, 1.54) is 22.3 Å². The Kier molecular flexibility index (Phi) is 2.73. The van der Waals surface area contributed by atoms with Crippen LogP contribution in [0.5, 0.6) is 0 Å². The molecule has 14 heavy (non-hydrogen) atoms. The van der Waals surface area contributed by atoms with E-state index >= 15 is 0 Å². The maximum Gasteiger partial charge on any atom is 0.0700 e. The second-order valence-electron chi connectivity index (χ2n) is 4.50. The predicted molar refractivity (Wildman–Crippen MR) is 60.7 cm³/mol. The van der Waals surface area contributed by atoms with E-state index in [-0.39, 0.29) is 7.43 Å². The largest absolute Gasteiger partial charge is 0.389 e. The Balaban J connectivity index is 0.000000980. The lowest BCUT2D eigenvalue weighted by Gasteiger charge is -2.14. The number of rotatable bonds is 0. The fourth-order valence-electron chi connectivity index (χ4n) is 2.20. The van der Waals surface area contributed by atoms with Crippen LogP contribution in [0.25, 0.3) is 0 Å². The second kappa shape index (κ2) is 3.39. The third kappa shape index (κ3) is 1.69. The van der Waals surface area contributed by atoms with Gasteiger partial charge in [0.05, 0.1) is 5.60 Å². The normalized spacial score (nSPS) is 24.3. The lowest BCUT2D eigenvalue weighted by molar-refractivity contribution is 0.0718. The molecule has 0 radical (unpaired) electrons. The zero-order chi connectivity index (χ0) is 9.64. The number of benzene rings is 1. The van der Waals surface area contributed by atoms with Gasteiger partial charge in [-0.3, -0.25) is 0 Å². The smallest absolute Gasteiger partial charge is 0.0700 e. The molecule has 1 unspecified atom stereocenters. The number of aliphatic hydroxyl groups is 1. The Labute approximate surface area is 86.8 Å². The van der Waals surface area contributed by atoms with Crippen LogP contribution in [0.2, 0.25) is 0 Å². The van der Waals surface area contributed by atoms with Crippen LogP contribution in [-0.4, -0.2) is 10.7 Å². The van der Waals surface area contributed by atoms with Gasteiger partial charge in [-0.1, -0.05) is 19.6 Å². The molecule has 1 aliphatic carbocycles. The van der Waals surface area contributed by atoms with E-state index in [0.717, 1.165) is 12.8 Å². The molecule has 0 fully saturated rings. The molecular weight excluding hydrogens is 172 g/mol. The minimum atomic E-state index is -0.513. The van der Waals surface area contributed by atoms with Crippen molar-refractivity contribution in [3.05, 3.63) is 34.4 Å². The fourth-order valence-corrected chi connectivity index (χ4v) is 2.20. The molecule has 0 aliphatic heterocycles. The van der Waals surface area contributed by atoms with Gasteiger partial charge in [-0.25, -0.2) is 0 Å². The molecule has 0 spiro atoms. The number of fused-ring (bicyclic) bond motifs is 1. The van der Waals surface area contributed by atoms with Gasteiger partial charge < -0.3 is 5.11 Å². The van der Waals surface area contributed by atoms with Gasteiger partial charge in [-0.2, -0.15) is 0 Å². The molecule has 0 saturated carbocycles. The third-order valence-corrected chi connectivity index (χ3v) is 3.10. The second-order valence-corrected chi connectivity index (χ2v) is 4.50. The summed E-state index contributed by atoms with van der Waals surface area (Å²) in [6.07, 6.45) is 1.62. The van der Waals surface area contributed by atoms with Crippen LogP contribution in [0.1, 0.15) is 36.6 Å². The van der Waals surface area contributed by atoms with Gasteiger partial charge in [-0.05, 0) is 43.0 Å². The Morgan fingerprint density at radius 3 is 2.50 bits per heavy atom. The summed E-state index contributed by atoms with van der Waals surface area (Å²) in [6, 6.07) is 4.30. The molecule has 0 heterocycles. The van der Waals surface area contributed by atoms with Crippen LogP contribution in [0, 0.1) is 13.8 Å². The summed E-state index contributed by atoms with van der Waals surface area (Å²) in [7, 11) is 0. The first-order valence-electron chi connectivity index (χ1n) is 4.80. The van der Waals surface area contributed by atoms with Crippen molar-refractivity contribution in [2.24, 2.45) is 0 Å². The Hall–Kier alpha value is -0.820. The Bertz CT molecular complexity index is 350. The standard InChI is InChI=1S/C12H16O.CH4/c1-8-4-5-10-6-12(3,13)7-11(10)9(8)2;/h4-5,13H,6-7H2,1-3H3;1H4. The molecule has 0 saturated heterocycles. The van der Waals surface area contributed by atoms with E-state index < -0.39 is 5.60 Å². The van der Waals surface area contributed by atoms with Crippen LogP contribution in [-0.2, 0) is 12.8 Å². The number of hydrogen-bond acceptors (Lipinski definition) is 1. The first kappa shape index (κ1) is 11.3. The average molecular weight is 192 g/mol. The van der Waals surface area contributed by atoms with Crippen molar-refractivity contribution >= 4 is 0 Å². The van der Waals surface area contributed by atoms with Gasteiger partial charge in [0.25, 0.3) is 0 Å². The van der Waals surface area contributed by atoms with E-state index in [1.807, 2.05) is 6.92 Å². The van der Waals surface area contributed by atoms with Gasteiger partial charge >= 0.3 is 0 Å².